The number of ketones is 1. The molecule has 0 aromatic heterocycles. The Bertz CT molecular complexity index is 241. The highest BCUT2D eigenvalue weighted by molar-refractivity contribution is 5.99. The second-order valence-electron chi connectivity index (χ2n) is 3.86. The van der Waals surface area contributed by atoms with Gasteiger partial charge in [-0.25, -0.2) is 0 Å². The fourth-order valence-corrected chi connectivity index (χ4v) is 2.14. The van der Waals surface area contributed by atoms with Crippen LogP contribution in [0, 0.1) is 0 Å². The molecule has 0 amide bonds. The topological polar surface area (TPSA) is 26.3 Å². The van der Waals surface area contributed by atoms with Crippen molar-refractivity contribution < 1.29 is 9.53 Å². The van der Waals surface area contributed by atoms with E-state index in [0.29, 0.717) is 12.2 Å². The average Bonchev–Trinajstić information content (AvgIpc) is 2.47. The number of Topliss-reactive ketones (excluding diaryl/α,β-unsaturated/α-hetero) is 1. The van der Waals surface area contributed by atoms with Gasteiger partial charge in [0, 0.05) is 13.5 Å². The Morgan fingerprint density at radius 1 is 1.29 bits per heavy atom. The van der Waals surface area contributed by atoms with Crippen LogP contribution in [-0.2, 0) is 9.53 Å². The highest BCUT2D eigenvalue weighted by atomic mass is 16.5. The van der Waals surface area contributed by atoms with Crippen molar-refractivity contribution in [2.45, 2.75) is 52.1 Å². The third kappa shape index (κ3) is 2.24. The molecule has 0 saturated heterocycles. The monoisotopic (exact) mass is 196 g/mol. The molecule has 2 nitrogen and oxygen atoms in total. The summed E-state index contributed by atoms with van der Waals surface area (Å²) in [5.41, 5.74) is 2.32. The van der Waals surface area contributed by atoms with Gasteiger partial charge in [-0.1, -0.05) is 26.7 Å². The maximum atomic E-state index is 11.7. The molecule has 0 N–H and O–H groups in total. The van der Waals surface area contributed by atoms with Crippen LogP contribution < -0.4 is 0 Å². The van der Waals surface area contributed by atoms with E-state index in [1.807, 2.05) is 0 Å². The highest BCUT2D eigenvalue weighted by Gasteiger charge is 2.30. The van der Waals surface area contributed by atoms with E-state index in [1.54, 1.807) is 7.11 Å². The number of allylic oxidation sites excluding steroid dienone is 1. The molecule has 0 aliphatic heterocycles. The summed E-state index contributed by atoms with van der Waals surface area (Å²) in [7, 11) is 1.70. The van der Waals surface area contributed by atoms with E-state index in [4.69, 9.17) is 4.74 Å². The molecule has 14 heavy (non-hydrogen) atoms. The summed E-state index contributed by atoms with van der Waals surface area (Å²) in [5.74, 6) is 0.308. The third-order valence-corrected chi connectivity index (χ3v) is 2.79. The van der Waals surface area contributed by atoms with Crippen molar-refractivity contribution in [2.24, 2.45) is 0 Å². The van der Waals surface area contributed by atoms with Crippen molar-refractivity contribution in [3.8, 4) is 0 Å². The number of rotatable bonds is 5. The minimum Gasteiger partial charge on any atom is -0.377 e. The first-order valence-corrected chi connectivity index (χ1v) is 5.52. The van der Waals surface area contributed by atoms with Gasteiger partial charge in [0.1, 0.15) is 0 Å². The van der Waals surface area contributed by atoms with Gasteiger partial charge < -0.3 is 4.74 Å². The number of carbonyl (C=O) groups excluding carboxylic acids is 1. The zero-order valence-corrected chi connectivity index (χ0v) is 9.43. The maximum absolute atomic E-state index is 11.7. The first-order valence-electron chi connectivity index (χ1n) is 5.52. The van der Waals surface area contributed by atoms with Crippen LogP contribution in [0.1, 0.15) is 46.0 Å². The van der Waals surface area contributed by atoms with Crippen LogP contribution in [0.25, 0.3) is 0 Å². The molecule has 0 bridgehead atoms. The average molecular weight is 196 g/mol. The molecular weight excluding hydrogens is 176 g/mol. The predicted molar refractivity (Wildman–Crippen MR) is 57.3 cm³/mol. The number of hydrogen-bond acceptors (Lipinski definition) is 2. The Labute approximate surface area is 86.3 Å². The van der Waals surface area contributed by atoms with Crippen LogP contribution in [0.2, 0.25) is 0 Å². The van der Waals surface area contributed by atoms with Crippen molar-refractivity contribution in [2.75, 3.05) is 7.11 Å². The largest absolute Gasteiger partial charge is 0.377 e. The van der Waals surface area contributed by atoms with Gasteiger partial charge in [-0.3, -0.25) is 4.79 Å². The number of methoxy groups -OCH3 is 1. The quantitative estimate of drug-likeness (QED) is 0.676. The van der Waals surface area contributed by atoms with Gasteiger partial charge in [-0.15, -0.1) is 0 Å². The van der Waals surface area contributed by atoms with Gasteiger partial charge in [-0.05, 0) is 24.0 Å². The van der Waals surface area contributed by atoms with Gasteiger partial charge in [0.2, 0.25) is 0 Å². The first-order chi connectivity index (χ1) is 6.74. The fourth-order valence-electron chi connectivity index (χ4n) is 2.14. The molecule has 1 rings (SSSR count). The molecule has 0 saturated carbocycles. The molecule has 0 spiro atoms. The Balaban J connectivity index is 2.85. The molecular formula is C12H20O2. The van der Waals surface area contributed by atoms with Crippen LogP contribution in [0.5, 0.6) is 0 Å². The molecule has 0 aromatic carbocycles. The van der Waals surface area contributed by atoms with Crippen molar-refractivity contribution >= 4 is 5.78 Å². The van der Waals surface area contributed by atoms with Crippen LogP contribution in [0.3, 0.4) is 0 Å². The summed E-state index contributed by atoms with van der Waals surface area (Å²) < 4.78 is 5.34. The third-order valence-electron chi connectivity index (χ3n) is 2.79. The lowest BCUT2D eigenvalue weighted by Gasteiger charge is -2.12. The van der Waals surface area contributed by atoms with E-state index in [-0.39, 0.29) is 6.10 Å². The van der Waals surface area contributed by atoms with Gasteiger partial charge in [0.05, 0.1) is 6.10 Å². The normalized spacial score (nSPS) is 22.2. The van der Waals surface area contributed by atoms with E-state index in [1.165, 1.54) is 5.57 Å². The van der Waals surface area contributed by atoms with Crippen molar-refractivity contribution in [3.05, 3.63) is 11.1 Å². The molecule has 1 atom stereocenters. The van der Waals surface area contributed by atoms with E-state index in [9.17, 15) is 4.79 Å². The van der Waals surface area contributed by atoms with Gasteiger partial charge in [0.15, 0.2) is 5.78 Å². The first kappa shape index (κ1) is 11.4. The summed E-state index contributed by atoms with van der Waals surface area (Å²) in [6.45, 7) is 4.26. The molecule has 0 fully saturated rings. The molecule has 0 aromatic rings. The van der Waals surface area contributed by atoms with Crippen LogP contribution >= 0.6 is 0 Å². The van der Waals surface area contributed by atoms with Gasteiger partial charge >= 0.3 is 0 Å². The summed E-state index contributed by atoms with van der Waals surface area (Å²) in [6.07, 6.45) is 4.72. The minimum atomic E-state index is 0.0731. The lowest BCUT2D eigenvalue weighted by atomic mass is 10.0. The second-order valence-corrected chi connectivity index (χ2v) is 3.86. The maximum Gasteiger partial charge on any atom is 0.161 e. The molecule has 1 aliphatic rings. The van der Waals surface area contributed by atoms with E-state index in [2.05, 4.69) is 13.8 Å². The Morgan fingerprint density at radius 3 is 2.43 bits per heavy atom. The second kappa shape index (κ2) is 5.30. The van der Waals surface area contributed by atoms with Crippen molar-refractivity contribution in [1.82, 2.24) is 0 Å². The smallest absolute Gasteiger partial charge is 0.161 e. The van der Waals surface area contributed by atoms with Gasteiger partial charge in [-0.2, -0.15) is 0 Å². The number of carbonyl (C=O) groups is 1. The van der Waals surface area contributed by atoms with Crippen LogP contribution in [0.15, 0.2) is 11.1 Å². The number of hydrogen-bond donors (Lipinski definition) is 0. The zero-order chi connectivity index (χ0) is 10.6. The van der Waals surface area contributed by atoms with E-state index in [0.717, 1.165) is 31.3 Å². The predicted octanol–water partition coefficient (Wildman–Crippen LogP) is 2.87. The van der Waals surface area contributed by atoms with Crippen molar-refractivity contribution in [1.29, 1.82) is 0 Å². The van der Waals surface area contributed by atoms with Crippen molar-refractivity contribution in [3.63, 3.8) is 0 Å². The highest BCUT2D eigenvalue weighted by Crippen LogP contribution is 2.31. The van der Waals surface area contributed by atoms with E-state index >= 15 is 0 Å². The molecule has 0 heterocycles. The summed E-state index contributed by atoms with van der Waals surface area (Å²) in [6, 6.07) is 0. The molecule has 1 unspecified atom stereocenters. The molecule has 2 heteroatoms. The molecule has 80 valence electrons. The Kier molecular flexibility index (Phi) is 4.33. The van der Waals surface area contributed by atoms with Crippen LogP contribution in [-0.4, -0.2) is 19.0 Å². The fraction of sp³-hybridized carbons (Fsp3) is 0.750. The SMILES string of the molecule is CCCC1=C(CCC)C(OC)CC1=O. The Morgan fingerprint density at radius 2 is 1.93 bits per heavy atom. The van der Waals surface area contributed by atoms with Crippen LogP contribution in [0.4, 0.5) is 0 Å². The lowest BCUT2D eigenvalue weighted by Crippen LogP contribution is -2.10. The molecule has 0 radical (unpaired) electrons. The summed E-state index contributed by atoms with van der Waals surface area (Å²) in [4.78, 5) is 11.7. The Hall–Kier alpha value is -0.630. The summed E-state index contributed by atoms with van der Waals surface area (Å²) in [5, 5.41) is 0. The summed E-state index contributed by atoms with van der Waals surface area (Å²) >= 11 is 0. The number of ether oxygens (including phenoxy) is 1. The lowest BCUT2D eigenvalue weighted by molar-refractivity contribution is -0.116. The zero-order valence-electron chi connectivity index (χ0n) is 9.43. The minimum absolute atomic E-state index is 0.0731. The van der Waals surface area contributed by atoms with Gasteiger partial charge in [0.25, 0.3) is 0 Å². The molecule has 1 aliphatic carbocycles. The standard InChI is InChI=1S/C12H20O2/c1-4-6-9-10(7-5-2)12(14-3)8-11(9)13/h12H,4-8H2,1-3H3. The van der Waals surface area contributed by atoms with E-state index < -0.39 is 0 Å².